The second-order valence-corrected chi connectivity index (χ2v) is 5.66. The largest absolute Gasteiger partial charge is 0.467 e. The van der Waals surface area contributed by atoms with Crippen molar-refractivity contribution in [1.29, 1.82) is 0 Å². The fraction of sp³-hybridized carbons (Fsp3) is 0.533. The van der Waals surface area contributed by atoms with Gasteiger partial charge < -0.3 is 10.1 Å². The van der Waals surface area contributed by atoms with Crippen molar-refractivity contribution in [2.24, 2.45) is 0 Å². The number of anilines is 1. The molecule has 5 heteroatoms. The third kappa shape index (κ3) is 2.50. The van der Waals surface area contributed by atoms with Crippen molar-refractivity contribution in [1.82, 2.24) is 4.90 Å². The maximum Gasteiger partial charge on any atom is 0.332 e. The first-order valence-electron chi connectivity index (χ1n) is 6.99. The Kier molecular flexibility index (Phi) is 3.38. The molecule has 1 N–H and O–H groups in total. The Morgan fingerprint density at radius 2 is 2.30 bits per heavy atom. The first-order valence-corrected chi connectivity index (χ1v) is 6.99. The Morgan fingerprint density at radius 3 is 2.95 bits per heavy atom. The highest BCUT2D eigenvalue weighted by molar-refractivity contribution is 5.85. The molecule has 1 aliphatic heterocycles. The number of benzene rings is 1. The standard InChI is InChI=1S/C15H19FN2O2/c1-20-14(19)15(7-8-18(10-15)13-5-6-13)17-12-4-2-3-11(16)9-12/h2-4,9,13,17H,5-8,10H2,1H3. The zero-order chi connectivity index (χ0) is 14.2. The van der Waals surface area contributed by atoms with E-state index in [4.69, 9.17) is 4.74 Å². The molecule has 4 nitrogen and oxygen atoms in total. The van der Waals surface area contributed by atoms with Crippen molar-refractivity contribution < 1.29 is 13.9 Å². The smallest absolute Gasteiger partial charge is 0.332 e. The predicted octanol–water partition coefficient (Wildman–Crippen LogP) is 2.02. The number of halogens is 1. The summed E-state index contributed by atoms with van der Waals surface area (Å²) in [6.45, 7) is 1.50. The van der Waals surface area contributed by atoms with Crippen molar-refractivity contribution >= 4 is 11.7 Å². The van der Waals surface area contributed by atoms with Crippen LogP contribution in [0.3, 0.4) is 0 Å². The van der Waals surface area contributed by atoms with Crippen molar-refractivity contribution in [3.8, 4) is 0 Å². The number of hydrogen-bond acceptors (Lipinski definition) is 4. The van der Waals surface area contributed by atoms with Gasteiger partial charge in [-0.15, -0.1) is 0 Å². The van der Waals surface area contributed by atoms with Gasteiger partial charge in [0.2, 0.25) is 0 Å². The van der Waals surface area contributed by atoms with E-state index < -0.39 is 5.54 Å². The molecule has 2 fully saturated rings. The van der Waals surface area contributed by atoms with Gasteiger partial charge in [0.25, 0.3) is 0 Å². The zero-order valence-corrected chi connectivity index (χ0v) is 11.6. The number of carbonyl (C=O) groups excluding carboxylic acids is 1. The summed E-state index contributed by atoms with van der Waals surface area (Å²) in [5.41, 5.74) is -0.140. The van der Waals surface area contributed by atoms with Gasteiger partial charge >= 0.3 is 5.97 Å². The second kappa shape index (κ2) is 5.05. The third-order valence-electron chi connectivity index (χ3n) is 4.15. The topological polar surface area (TPSA) is 41.6 Å². The normalized spacial score (nSPS) is 26.5. The molecular formula is C15H19FN2O2. The molecule has 0 spiro atoms. The molecule has 0 radical (unpaired) electrons. The number of nitrogens with one attached hydrogen (secondary N) is 1. The number of ether oxygens (including phenoxy) is 1. The van der Waals surface area contributed by atoms with Crippen LogP contribution in [-0.2, 0) is 9.53 Å². The minimum atomic E-state index is -0.759. The van der Waals surface area contributed by atoms with E-state index >= 15 is 0 Å². The Balaban J connectivity index is 1.81. The van der Waals surface area contributed by atoms with Gasteiger partial charge in [-0.3, -0.25) is 4.90 Å². The lowest BCUT2D eigenvalue weighted by Crippen LogP contribution is -2.49. The average molecular weight is 278 g/mol. The summed E-state index contributed by atoms with van der Waals surface area (Å²) in [6, 6.07) is 6.81. The van der Waals surface area contributed by atoms with Crippen LogP contribution < -0.4 is 5.32 Å². The summed E-state index contributed by atoms with van der Waals surface area (Å²) in [5, 5.41) is 3.20. The van der Waals surface area contributed by atoms with E-state index in [0.29, 0.717) is 24.7 Å². The first kappa shape index (κ1) is 13.4. The highest BCUT2D eigenvalue weighted by Crippen LogP contribution is 2.35. The number of hydrogen-bond donors (Lipinski definition) is 1. The Hall–Kier alpha value is -1.62. The second-order valence-electron chi connectivity index (χ2n) is 5.66. The first-order chi connectivity index (χ1) is 9.63. The van der Waals surface area contributed by atoms with Gasteiger partial charge in [-0.1, -0.05) is 6.07 Å². The van der Waals surface area contributed by atoms with Crippen molar-refractivity contribution in [3.63, 3.8) is 0 Å². The molecule has 108 valence electrons. The fourth-order valence-corrected chi connectivity index (χ4v) is 2.95. The van der Waals surface area contributed by atoms with Crippen LogP contribution in [0.15, 0.2) is 24.3 Å². The van der Waals surface area contributed by atoms with Crippen LogP contribution in [-0.4, -0.2) is 42.6 Å². The molecule has 1 heterocycles. The van der Waals surface area contributed by atoms with Gasteiger partial charge in [0.1, 0.15) is 11.4 Å². The van der Waals surface area contributed by atoms with E-state index in [-0.39, 0.29) is 11.8 Å². The van der Waals surface area contributed by atoms with Crippen molar-refractivity contribution in [2.75, 3.05) is 25.5 Å². The van der Waals surface area contributed by atoms with Crippen molar-refractivity contribution in [2.45, 2.75) is 30.8 Å². The van der Waals surface area contributed by atoms with Crippen LogP contribution in [0, 0.1) is 5.82 Å². The summed E-state index contributed by atoms with van der Waals surface area (Å²) < 4.78 is 18.3. The highest BCUT2D eigenvalue weighted by Gasteiger charge is 2.49. The highest BCUT2D eigenvalue weighted by atomic mass is 19.1. The van der Waals surface area contributed by atoms with E-state index in [1.807, 2.05) is 0 Å². The van der Waals surface area contributed by atoms with E-state index in [1.54, 1.807) is 12.1 Å². The van der Waals surface area contributed by atoms with Gasteiger partial charge in [-0.25, -0.2) is 9.18 Å². The molecule has 1 aliphatic carbocycles. The van der Waals surface area contributed by atoms with Gasteiger partial charge in [0.15, 0.2) is 0 Å². The van der Waals surface area contributed by atoms with Crippen molar-refractivity contribution in [3.05, 3.63) is 30.1 Å². The molecule has 2 aliphatic rings. The number of carbonyl (C=O) groups is 1. The minimum Gasteiger partial charge on any atom is -0.467 e. The average Bonchev–Trinajstić information content (AvgIpc) is 3.20. The van der Waals surface area contributed by atoms with Crippen LogP contribution in [0.25, 0.3) is 0 Å². The predicted molar refractivity (Wildman–Crippen MR) is 74.0 cm³/mol. The number of nitrogens with zero attached hydrogens (tertiary/aromatic N) is 1. The Labute approximate surface area is 117 Å². The quantitative estimate of drug-likeness (QED) is 0.856. The van der Waals surface area contributed by atoms with Gasteiger partial charge in [-0.05, 0) is 37.5 Å². The lowest BCUT2D eigenvalue weighted by molar-refractivity contribution is -0.145. The molecule has 1 atom stereocenters. The van der Waals surface area contributed by atoms with E-state index in [1.165, 1.54) is 32.1 Å². The maximum absolute atomic E-state index is 13.3. The molecule has 3 rings (SSSR count). The fourth-order valence-electron chi connectivity index (χ4n) is 2.95. The van der Waals surface area contributed by atoms with Crippen LogP contribution in [0.2, 0.25) is 0 Å². The number of rotatable bonds is 4. The van der Waals surface area contributed by atoms with Gasteiger partial charge in [-0.2, -0.15) is 0 Å². The number of likely N-dealkylation sites (tertiary alicyclic amines) is 1. The molecule has 20 heavy (non-hydrogen) atoms. The van der Waals surface area contributed by atoms with Gasteiger partial charge in [0.05, 0.1) is 7.11 Å². The lowest BCUT2D eigenvalue weighted by atomic mass is 9.98. The van der Waals surface area contributed by atoms with Crippen LogP contribution in [0.5, 0.6) is 0 Å². The molecule has 1 aromatic carbocycles. The minimum absolute atomic E-state index is 0.273. The van der Waals surface area contributed by atoms with Crippen LogP contribution in [0.4, 0.5) is 10.1 Å². The zero-order valence-electron chi connectivity index (χ0n) is 11.6. The molecule has 0 bridgehead atoms. The van der Waals surface area contributed by atoms with E-state index in [9.17, 15) is 9.18 Å². The molecule has 0 amide bonds. The molecule has 1 saturated carbocycles. The lowest BCUT2D eigenvalue weighted by Gasteiger charge is -2.29. The van der Waals surface area contributed by atoms with Crippen LogP contribution in [0.1, 0.15) is 19.3 Å². The Morgan fingerprint density at radius 1 is 1.50 bits per heavy atom. The summed E-state index contributed by atoms with van der Waals surface area (Å²) >= 11 is 0. The maximum atomic E-state index is 13.3. The van der Waals surface area contributed by atoms with E-state index in [0.717, 1.165) is 6.54 Å². The molecule has 1 unspecified atom stereocenters. The summed E-state index contributed by atoms with van der Waals surface area (Å²) in [4.78, 5) is 14.5. The molecule has 0 aromatic heterocycles. The molecule has 1 saturated heterocycles. The monoisotopic (exact) mass is 278 g/mol. The SMILES string of the molecule is COC(=O)C1(Nc2cccc(F)c2)CCN(C2CC2)C1. The summed E-state index contributed by atoms with van der Waals surface area (Å²) in [7, 11) is 1.40. The van der Waals surface area contributed by atoms with Gasteiger partial charge in [0, 0.05) is 24.8 Å². The number of methoxy groups -OCH3 is 1. The van der Waals surface area contributed by atoms with E-state index in [2.05, 4.69) is 10.2 Å². The molecular weight excluding hydrogens is 259 g/mol. The third-order valence-corrected chi connectivity index (χ3v) is 4.15. The Bertz CT molecular complexity index is 518. The summed E-state index contributed by atoms with van der Waals surface area (Å²) in [5.74, 6) is -0.586. The number of esters is 1. The van der Waals surface area contributed by atoms with Crippen LogP contribution >= 0.6 is 0 Å². The summed E-state index contributed by atoms with van der Waals surface area (Å²) in [6.07, 6.45) is 3.10. The molecule has 1 aromatic rings.